The van der Waals surface area contributed by atoms with Crippen LogP contribution in [-0.2, 0) is 9.53 Å². The number of carbonyl (C=O) groups is 1. The Morgan fingerprint density at radius 3 is 2.35 bits per heavy atom. The molecule has 1 aromatic carbocycles. The van der Waals surface area contributed by atoms with Crippen molar-refractivity contribution in [3.05, 3.63) is 23.8 Å². The first-order valence-electron chi connectivity index (χ1n) is 4.97. The molecule has 6 heteroatoms. The van der Waals surface area contributed by atoms with Gasteiger partial charge in [0.2, 0.25) is 0 Å². The number of nitrogens with two attached hydrogens (primary N) is 1. The van der Waals surface area contributed by atoms with Crippen molar-refractivity contribution in [2.75, 3.05) is 6.61 Å². The molecule has 5 nitrogen and oxygen atoms in total. The summed E-state index contributed by atoms with van der Waals surface area (Å²) in [6.07, 6.45) is 0.0106. The second kappa shape index (κ2) is 6.98. The van der Waals surface area contributed by atoms with Gasteiger partial charge in [-0.2, -0.15) is 0 Å². The molecular formula is C11H16ClNO4. The van der Waals surface area contributed by atoms with Gasteiger partial charge in [0.25, 0.3) is 0 Å². The second-order valence-electron chi connectivity index (χ2n) is 3.40. The van der Waals surface area contributed by atoms with Gasteiger partial charge in [0.15, 0.2) is 0 Å². The Morgan fingerprint density at radius 1 is 1.35 bits per heavy atom. The van der Waals surface area contributed by atoms with Crippen LogP contribution in [0.2, 0.25) is 0 Å². The molecule has 0 fully saturated rings. The van der Waals surface area contributed by atoms with Gasteiger partial charge in [-0.05, 0) is 24.6 Å². The summed E-state index contributed by atoms with van der Waals surface area (Å²) in [4.78, 5) is 11.2. The van der Waals surface area contributed by atoms with E-state index in [1.807, 2.05) is 0 Å². The summed E-state index contributed by atoms with van der Waals surface area (Å²) in [7, 11) is 0. The van der Waals surface area contributed by atoms with Gasteiger partial charge in [0.05, 0.1) is 13.0 Å². The van der Waals surface area contributed by atoms with E-state index in [1.165, 1.54) is 18.2 Å². The first kappa shape index (κ1) is 15.5. The highest BCUT2D eigenvalue weighted by Crippen LogP contribution is 2.25. The molecule has 0 aliphatic rings. The summed E-state index contributed by atoms with van der Waals surface area (Å²) in [6, 6.07) is 3.41. The molecule has 0 amide bonds. The molecule has 1 aromatic rings. The van der Waals surface area contributed by atoms with Gasteiger partial charge in [0, 0.05) is 12.1 Å². The quantitative estimate of drug-likeness (QED) is 0.714. The molecule has 17 heavy (non-hydrogen) atoms. The number of benzene rings is 1. The van der Waals surface area contributed by atoms with Crippen LogP contribution >= 0.6 is 12.4 Å². The zero-order valence-corrected chi connectivity index (χ0v) is 10.2. The molecule has 0 saturated carbocycles. The predicted molar refractivity (Wildman–Crippen MR) is 65.2 cm³/mol. The number of ether oxygens (including phenoxy) is 1. The van der Waals surface area contributed by atoms with Gasteiger partial charge in [-0.3, -0.25) is 4.79 Å². The minimum atomic E-state index is -0.600. The monoisotopic (exact) mass is 261 g/mol. The van der Waals surface area contributed by atoms with Crippen molar-refractivity contribution in [1.82, 2.24) is 0 Å². The smallest absolute Gasteiger partial charge is 0.307 e. The Kier molecular flexibility index (Phi) is 6.38. The number of aromatic hydroxyl groups is 2. The number of phenols is 2. The topological polar surface area (TPSA) is 92.8 Å². The van der Waals surface area contributed by atoms with Crippen LogP contribution in [0, 0.1) is 0 Å². The molecule has 0 saturated heterocycles. The van der Waals surface area contributed by atoms with Crippen molar-refractivity contribution in [3.63, 3.8) is 0 Å². The SMILES string of the molecule is CCOC(=O)C[C@H](N)c1cc(O)cc(O)c1.Cl. The van der Waals surface area contributed by atoms with Crippen LogP contribution < -0.4 is 5.73 Å². The maximum atomic E-state index is 11.2. The van der Waals surface area contributed by atoms with Gasteiger partial charge in [-0.1, -0.05) is 0 Å². The average Bonchev–Trinajstić information content (AvgIpc) is 2.16. The molecular weight excluding hydrogens is 246 g/mol. The van der Waals surface area contributed by atoms with E-state index in [4.69, 9.17) is 10.5 Å². The lowest BCUT2D eigenvalue weighted by molar-refractivity contribution is -0.143. The van der Waals surface area contributed by atoms with Gasteiger partial charge in [0.1, 0.15) is 11.5 Å². The van der Waals surface area contributed by atoms with E-state index in [2.05, 4.69) is 0 Å². The van der Waals surface area contributed by atoms with Gasteiger partial charge < -0.3 is 20.7 Å². The van der Waals surface area contributed by atoms with Crippen molar-refractivity contribution < 1.29 is 19.7 Å². The summed E-state index contributed by atoms with van der Waals surface area (Å²) >= 11 is 0. The molecule has 0 bridgehead atoms. The lowest BCUT2D eigenvalue weighted by Crippen LogP contribution is -2.17. The third kappa shape index (κ3) is 4.93. The maximum Gasteiger partial charge on any atom is 0.307 e. The van der Waals surface area contributed by atoms with Crippen LogP contribution in [0.25, 0.3) is 0 Å². The Balaban J connectivity index is 0.00000256. The molecule has 96 valence electrons. The van der Waals surface area contributed by atoms with Crippen LogP contribution in [0.15, 0.2) is 18.2 Å². The normalized spacial score (nSPS) is 11.4. The minimum absolute atomic E-state index is 0. The zero-order valence-electron chi connectivity index (χ0n) is 9.42. The lowest BCUT2D eigenvalue weighted by Gasteiger charge is -2.11. The fourth-order valence-corrected chi connectivity index (χ4v) is 1.35. The summed E-state index contributed by atoms with van der Waals surface area (Å²) < 4.78 is 4.75. The number of rotatable bonds is 4. The molecule has 1 rings (SSSR count). The molecule has 0 spiro atoms. The molecule has 0 aromatic heterocycles. The number of phenolic OH excluding ortho intramolecular Hbond substituents is 2. The summed E-state index contributed by atoms with van der Waals surface area (Å²) in [5.41, 5.74) is 6.23. The first-order valence-corrected chi connectivity index (χ1v) is 4.97. The Bertz CT molecular complexity index is 363. The fraction of sp³-hybridized carbons (Fsp3) is 0.364. The van der Waals surface area contributed by atoms with E-state index in [1.54, 1.807) is 6.92 Å². The summed E-state index contributed by atoms with van der Waals surface area (Å²) in [5, 5.41) is 18.5. The third-order valence-electron chi connectivity index (χ3n) is 2.04. The van der Waals surface area contributed by atoms with Crippen LogP contribution in [0.4, 0.5) is 0 Å². The Morgan fingerprint density at radius 2 is 1.88 bits per heavy atom. The van der Waals surface area contributed by atoms with Crippen molar-refractivity contribution in [2.24, 2.45) is 5.73 Å². The van der Waals surface area contributed by atoms with Gasteiger partial charge in [-0.25, -0.2) is 0 Å². The third-order valence-corrected chi connectivity index (χ3v) is 2.04. The van der Waals surface area contributed by atoms with E-state index in [-0.39, 0.29) is 30.3 Å². The van der Waals surface area contributed by atoms with Crippen LogP contribution in [0.3, 0.4) is 0 Å². The fourth-order valence-electron chi connectivity index (χ4n) is 1.35. The molecule has 0 aliphatic heterocycles. The Hall–Kier alpha value is -1.46. The standard InChI is InChI=1S/C11H15NO4.ClH/c1-2-16-11(15)6-10(12)7-3-8(13)5-9(14)4-7;/h3-5,10,13-14H,2,6,12H2,1H3;1H/t10-;/m0./s1. The highest BCUT2D eigenvalue weighted by molar-refractivity contribution is 5.85. The largest absolute Gasteiger partial charge is 0.508 e. The molecule has 0 radical (unpaired) electrons. The highest BCUT2D eigenvalue weighted by Gasteiger charge is 2.13. The van der Waals surface area contributed by atoms with E-state index in [0.29, 0.717) is 12.2 Å². The molecule has 0 aliphatic carbocycles. The van der Waals surface area contributed by atoms with Crippen LogP contribution in [0.5, 0.6) is 11.5 Å². The van der Waals surface area contributed by atoms with Crippen LogP contribution in [-0.4, -0.2) is 22.8 Å². The number of halogens is 1. The zero-order chi connectivity index (χ0) is 12.1. The second-order valence-corrected chi connectivity index (χ2v) is 3.40. The summed E-state index contributed by atoms with van der Waals surface area (Å²) in [6.45, 7) is 2.01. The lowest BCUT2D eigenvalue weighted by atomic mass is 10.0. The van der Waals surface area contributed by atoms with Gasteiger partial charge in [-0.15, -0.1) is 12.4 Å². The van der Waals surface area contributed by atoms with E-state index < -0.39 is 12.0 Å². The molecule has 0 unspecified atom stereocenters. The summed E-state index contributed by atoms with van der Waals surface area (Å²) in [5.74, 6) is -0.582. The van der Waals surface area contributed by atoms with Crippen molar-refractivity contribution >= 4 is 18.4 Å². The minimum Gasteiger partial charge on any atom is -0.508 e. The number of esters is 1. The number of hydrogen-bond donors (Lipinski definition) is 3. The van der Waals surface area contributed by atoms with E-state index >= 15 is 0 Å². The Labute approximate surface area is 106 Å². The number of hydrogen-bond acceptors (Lipinski definition) is 5. The van der Waals surface area contributed by atoms with Gasteiger partial charge >= 0.3 is 5.97 Å². The van der Waals surface area contributed by atoms with Crippen LogP contribution in [0.1, 0.15) is 24.9 Å². The molecule has 0 heterocycles. The van der Waals surface area contributed by atoms with Crippen molar-refractivity contribution in [2.45, 2.75) is 19.4 Å². The van der Waals surface area contributed by atoms with Crippen molar-refractivity contribution in [1.29, 1.82) is 0 Å². The first-order chi connectivity index (χ1) is 7.52. The molecule has 1 atom stereocenters. The van der Waals surface area contributed by atoms with E-state index in [9.17, 15) is 15.0 Å². The highest BCUT2D eigenvalue weighted by atomic mass is 35.5. The predicted octanol–water partition coefficient (Wildman–Crippen LogP) is 1.47. The maximum absolute atomic E-state index is 11.2. The van der Waals surface area contributed by atoms with E-state index in [0.717, 1.165) is 0 Å². The average molecular weight is 262 g/mol. The molecule has 4 N–H and O–H groups in total. The number of carbonyl (C=O) groups excluding carboxylic acids is 1. The van der Waals surface area contributed by atoms with Crippen molar-refractivity contribution in [3.8, 4) is 11.5 Å².